The van der Waals surface area contributed by atoms with Crippen LogP contribution in [0.15, 0.2) is 53.7 Å². The molecule has 1 heterocycles. The van der Waals surface area contributed by atoms with Crippen molar-refractivity contribution in [2.45, 2.75) is 20.0 Å². The van der Waals surface area contributed by atoms with Gasteiger partial charge >= 0.3 is 0 Å². The minimum atomic E-state index is 0. The Morgan fingerprint density at radius 3 is 2.65 bits per heavy atom. The average Bonchev–Trinajstić information content (AvgIpc) is 2.57. The Hall–Kier alpha value is -1.83. The van der Waals surface area contributed by atoms with Crippen molar-refractivity contribution in [3.63, 3.8) is 0 Å². The zero-order valence-corrected chi connectivity index (χ0v) is 15.8. The van der Waals surface area contributed by atoms with Crippen LogP contribution in [-0.2, 0) is 13.1 Å². The first-order chi connectivity index (χ1) is 10.8. The first-order valence-electron chi connectivity index (χ1n) is 7.38. The Balaban J connectivity index is 0.00000264. The third-order valence-corrected chi connectivity index (χ3v) is 3.06. The Bertz CT molecular complexity index is 605. The summed E-state index contributed by atoms with van der Waals surface area (Å²) in [5.74, 6) is 1.63. The average molecular weight is 426 g/mol. The highest BCUT2D eigenvalue weighted by Gasteiger charge is 2.01. The standard InChI is InChI=1S/C17H22N4O.HI/c1-3-22-16-9-6-7-14(11-16)12-20-17(18-2)21-13-15-8-4-5-10-19-15;/h4-11H,3,12-13H2,1-2H3,(H2,18,20,21);1H. The number of aromatic nitrogens is 1. The molecule has 0 fully saturated rings. The largest absolute Gasteiger partial charge is 0.494 e. The zero-order chi connectivity index (χ0) is 15.6. The molecule has 0 aliphatic heterocycles. The van der Waals surface area contributed by atoms with Crippen molar-refractivity contribution in [3.05, 3.63) is 59.9 Å². The van der Waals surface area contributed by atoms with Crippen molar-refractivity contribution in [2.75, 3.05) is 13.7 Å². The fourth-order valence-corrected chi connectivity index (χ4v) is 2.00. The molecule has 0 amide bonds. The van der Waals surface area contributed by atoms with Crippen molar-refractivity contribution in [3.8, 4) is 5.75 Å². The van der Waals surface area contributed by atoms with Crippen LogP contribution in [0.2, 0.25) is 0 Å². The quantitative estimate of drug-likeness (QED) is 0.424. The van der Waals surface area contributed by atoms with Crippen LogP contribution in [0.5, 0.6) is 5.75 Å². The fourth-order valence-electron chi connectivity index (χ4n) is 2.00. The van der Waals surface area contributed by atoms with Crippen LogP contribution in [0.3, 0.4) is 0 Å². The van der Waals surface area contributed by atoms with Gasteiger partial charge in [-0.05, 0) is 36.8 Å². The monoisotopic (exact) mass is 426 g/mol. The molecule has 23 heavy (non-hydrogen) atoms. The maximum absolute atomic E-state index is 5.50. The zero-order valence-electron chi connectivity index (χ0n) is 13.5. The number of pyridine rings is 1. The first kappa shape index (κ1) is 19.2. The molecule has 0 aliphatic rings. The van der Waals surface area contributed by atoms with Crippen LogP contribution < -0.4 is 15.4 Å². The Morgan fingerprint density at radius 2 is 1.96 bits per heavy atom. The molecule has 124 valence electrons. The van der Waals surface area contributed by atoms with Gasteiger partial charge in [-0.25, -0.2) is 0 Å². The third-order valence-electron chi connectivity index (χ3n) is 3.06. The van der Waals surface area contributed by atoms with Crippen LogP contribution in [0.25, 0.3) is 0 Å². The predicted molar refractivity (Wildman–Crippen MR) is 104 cm³/mol. The van der Waals surface area contributed by atoms with Crippen LogP contribution in [0, 0.1) is 0 Å². The summed E-state index contributed by atoms with van der Waals surface area (Å²) < 4.78 is 5.50. The molecule has 0 spiro atoms. The highest BCUT2D eigenvalue weighted by molar-refractivity contribution is 14.0. The molecule has 0 unspecified atom stereocenters. The number of ether oxygens (including phenoxy) is 1. The van der Waals surface area contributed by atoms with Crippen molar-refractivity contribution in [1.82, 2.24) is 15.6 Å². The van der Waals surface area contributed by atoms with Gasteiger partial charge in [-0.2, -0.15) is 0 Å². The number of hydrogen-bond donors (Lipinski definition) is 2. The maximum atomic E-state index is 5.50. The second-order valence-corrected chi connectivity index (χ2v) is 4.68. The van der Waals surface area contributed by atoms with Gasteiger partial charge in [-0.1, -0.05) is 18.2 Å². The van der Waals surface area contributed by atoms with Gasteiger partial charge in [0, 0.05) is 19.8 Å². The van der Waals surface area contributed by atoms with Gasteiger partial charge in [0.2, 0.25) is 0 Å². The van der Waals surface area contributed by atoms with E-state index in [-0.39, 0.29) is 24.0 Å². The van der Waals surface area contributed by atoms with E-state index in [1.807, 2.05) is 43.3 Å². The Labute approximate surface area is 154 Å². The summed E-state index contributed by atoms with van der Waals surface area (Å²) in [5, 5.41) is 6.52. The minimum Gasteiger partial charge on any atom is -0.494 e. The number of hydrogen-bond acceptors (Lipinski definition) is 3. The van der Waals surface area contributed by atoms with Gasteiger partial charge in [-0.3, -0.25) is 9.98 Å². The summed E-state index contributed by atoms with van der Waals surface area (Å²) in [7, 11) is 1.75. The molecule has 0 saturated heterocycles. The highest BCUT2D eigenvalue weighted by atomic mass is 127. The van der Waals surface area contributed by atoms with Crippen LogP contribution in [0.4, 0.5) is 0 Å². The molecule has 0 atom stereocenters. The number of benzene rings is 1. The fraction of sp³-hybridized carbons (Fsp3) is 0.294. The summed E-state index contributed by atoms with van der Waals surface area (Å²) in [5.41, 5.74) is 2.12. The Kier molecular flexibility index (Phi) is 9.04. The normalized spacial score (nSPS) is 10.6. The number of aliphatic imine (C=N–C) groups is 1. The van der Waals surface area contributed by atoms with Crippen molar-refractivity contribution < 1.29 is 4.74 Å². The molecule has 5 nitrogen and oxygen atoms in total. The molecule has 1 aromatic heterocycles. The second-order valence-electron chi connectivity index (χ2n) is 4.68. The maximum Gasteiger partial charge on any atom is 0.191 e. The number of nitrogens with one attached hydrogen (secondary N) is 2. The molecular formula is C17H23IN4O. The molecule has 0 radical (unpaired) electrons. The summed E-state index contributed by atoms with van der Waals surface area (Å²) in [6.45, 7) is 3.97. The van der Waals surface area contributed by atoms with Crippen LogP contribution in [0.1, 0.15) is 18.2 Å². The van der Waals surface area contributed by atoms with Gasteiger partial charge in [0.25, 0.3) is 0 Å². The Morgan fingerprint density at radius 1 is 1.13 bits per heavy atom. The molecule has 2 aromatic rings. The SMILES string of the molecule is CCOc1cccc(CNC(=NC)NCc2ccccn2)c1.I. The van der Waals surface area contributed by atoms with Gasteiger partial charge in [0.1, 0.15) is 5.75 Å². The molecular weight excluding hydrogens is 403 g/mol. The topological polar surface area (TPSA) is 58.5 Å². The van der Waals surface area contributed by atoms with E-state index < -0.39 is 0 Å². The van der Waals surface area contributed by atoms with Crippen molar-refractivity contribution in [1.29, 1.82) is 0 Å². The van der Waals surface area contributed by atoms with E-state index >= 15 is 0 Å². The van der Waals surface area contributed by atoms with Gasteiger partial charge < -0.3 is 15.4 Å². The highest BCUT2D eigenvalue weighted by Crippen LogP contribution is 2.12. The molecule has 0 aliphatic carbocycles. The van der Waals surface area contributed by atoms with Crippen molar-refractivity contribution in [2.24, 2.45) is 4.99 Å². The summed E-state index contributed by atoms with van der Waals surface area (Å²) in [6, 6.07) is 13.9. The van der Waals surface area contributed by atoms with E-state index in [1.54, 1.807) is 13.2 Å². The molecule has 0 saturated carbocycles. The summed E-state index contributed by atoms with van der Waals surface area (Å²) in [6.07, 6.45) is 1.78. The molecule has 2 N–H and O–H groups in total. The smallest absolute Gasteiger partial charge is 0.191 e. The lowest BCUT2D eigenvalue weighted by Crippen LogP contribution is -2.36. The van der Waals surface area contributed by atoms with Crippen LogP contribution in [-0.4, -0.2) is 24.6 Å². The lowest BCUT2D eigenvalue weighted by atomic mass is 10.2. The number of guanidine groups is 1. The van der Waals surface area contributed by atoms with E-state index in [0.717, 1.165) is 23.0 Å². The van der Waals surface area contributed by atoms with Crippen LogP contribution >= 0.6 is 24.0 Å². The van der Waals surface area contributed by atoms with E-state index in [2.05, 4.69) is 26.7 Å². The molecule has 2 rings (SSSR count). The summed E-state index contributed by atoms with van der Waals surface area (Å²) in [4.78, 5) is 8.49. The van der Waals surface area contributed by atoms with Gasteiger partial charge in [0.05, 0.1) is 18.8 Å². The van der Waals surface area contributed by atoms with E-state index in [4.69, 9.17) is 4.74 Å². The lowest BCUT2D eigenvalue weighted by molar-refractivity contribution is 0.340. The third kappa shape index (κ3) is 6.85. The number of nitrogens with zero attached hydrogens (tertiary/aromatic N) is 2. The summed E-state index contributed by atoms with van der Waals surface area (Å²) >= 11 is 0. The van der Waals surface area contributed by atoms with Gasteiger partial charge in [0.15, 0.2) is 5.96 Å². The second kappa shape index (κ2) is 10.8. The minimum absolute atomic E-state index is 0. The molecule has 0 bridgehead atoms. The van der Waals surface area contributed by atoms with Crippen molar-refractivity contribution >= 4 is 29.9 Å². The number of halogens is 1. The van der Waals surface area contributed by atoms with E-state index in [9.17, 15) is 0 Å². The first-order valence-corrected chi connectivity index (χ1v) is 7.38. The van der Waals surface area contributed by atoms with Gasteiger partial charge in [-0.15, -0.1) is 24.0 Å². The molecule has 1 aromatic carbocycles. The lowest BCUT2D eigenvalue weighted by Gasteiger charge is -2.12. The predicted octanol–water partition coefficient (Wildman–Crippen LogP) is 2.96. The number of rotatable bonds is 6. The van der Waals surface area contributed by atoms with E-state index in [1.165, 1.54) is 0 Å². The van der Waals surface area contributed by atoms with E-state index in [0.29, 0.717) is 19.7 Å². The molecule has 6 heteroatoms.